The normalized spacial score (nSPS) is 21.0. The number of ether oxygens (including phenoxy) is 1. The van der Waals surface area contributed by atoms with Gasteiger partial charge in [0, 0.05) is 22.8 Å². The van der Waals surface area contributed by atoms with Crippen LogP contribution in [0.1, 0.15) is 23.7 Å². The first-order chi connectivity index (χ1) is 9.74. The van der Waals surface area contributed by atoms with Crippen LogP contribution in [0.15, 0.2) is 21.5 Å². The summed E-state index contributed by atoms with van der Waals surface area (Å²) in [5.41, 5.74) is 0.218. The van der Waals surface area contributed by atoms with Gasteiger partial charge in [0.05, 0.1) is 11.6 Å². The molecule has 0 bridgehead atoms. The lowest BCUT2D eigenvalue weighted by Gasteiger charge is -2.11. The van der Waals surface area contributed by atoms with Crippen molar-refractivity contribution in [3.8, 4) is 5.75 Å². The third kappa shape index (κ3) is 3.90. The molecule has 1 aliphatic carbocycles. The Hall–Kier alpha value is -0.790. The molecule has 0 aliphatic heterocycles. The highest BCUT2D eigenvalue weighted by molar-refractivity contribution is 9.10. The predicted molar refractivity (Wildman–Crippen MR) is 83.3 cm³/mol. The minimum Gasteiger partial charge on any atom is -0.494 e. The van der Waals surface area contributed by atoms with E-state index in [1.54, 1.807) is 0 Å². The van der Waals surface area contributed by atoms with Gasteiger partial charge in [-0.1, -0.05) is 6.92 Å². The molecule has 8 heteroatoms. The first kappa shape index (κ1) is 16.6. The Morgan fingerprint density at radius 3 is 2.62 bits per heavy atom. The molecule has 2 unspecified atom stereocenters. The minimum atomic E-state index is -4.01. The van der Waals surface area contributed by atoms with E-state index in [1.165, 1.54) is 19.2 Å². The highest BCUT2D eigenvalue weighted by Gasteiger charge is 2.32. The molecule has 5 nitrogen and oxygen atoms in total. The van der Waals surface area contributed by atoms with Crippen molar-refractivity contribution in [3.63, 3.8) is 0 Å². The smallest absolute Gasteiger partial charge is 0.265 e. The Kier molecular flexibility index (Phi) is 4.85. The Bertz CT molecular complexity index is 677. The summed E-state index contributed by atoms with van der Waals surface area (Å²) in [5.74, 6) is 0.884. The van der Waals surface area contributed by atoms with Gasteiger partial charge in [0.1, 0.15) is 4.90 Å². The van der Waals surface area contributed by atoms with Crippen molar-refractivity contribution in [2.45, 2.75) is 18.2 Å². The number of carbonyl (C=O) groups excluding carboxylic acids is 1. The quantitative estimate of drug-likeness (QED) is 0.777. The first-order valence-corrected chi connectivity index (χ1v) is 9.44. The Morgan fingerprint density at radius 1 is 1.52 bits per heavy atom. The molecule has 1 amide bonds. The summed E-state index contributed by atoms with van der Waals surface area (Å²) in [6.07, 6.45) is 1.11. The minimum absolute atomic E-state index is 0.0809. The summed E-state index contributed by atoms with van der Waals surface area (Å²) in [7, 11) is 2.71. The van der Waals surface area contributed by atoms with Gasteiger partial charge in [-0.05, 0) is 46.3 Å². The van der Waals surface area contributed by atoms with Crippen LogP contribution in [-0.2, 0) is 9.05 Å². The molecule has 1 aromatic rings. The number of hydrogen-bond donors (Lipinski definition) is 1. The van der Waals surface area contributed by atoms with Crippen LogP contribution in [0.25, 0.3) is 0 Å². The van der Waals surface area contributed by atoms with Crippen LogP contribution >= 0.6 is 26.6 Å². The molecule has 0 saturated heterocycles. The number of hydrogen-bond acceptors (Lipinski definition) is 4. The van der Waals surface area contributed by atoms with Crippen molar-refractivity contribution >= 4 is 41.6 Å². The van der Waals surface area contributed by atoms with E-state index in [4.69, 9.17) is 15.4 Å². The lowest BCUT2D eigenvalue weighted by atomic mass is 10.2. The number of amides is 1. The Morgan fingerprint density at radius 2 is 2.14 bits per heavy atom. The zero-order valence-corrected chi connectivity index (χ0v) is 14.7. The monoisotopic (exact) mass is 395 g/mol. The first-order valence-electron chi connectivity index (χ1n) is 6.34. The van der Waals surface area contributed by atoms with E-state index >= 15 is 0 Å². The average molecular weight is 397 g/mol. The summed E-state index contributed by atoms with van der Waals surface area (Å²) >= 11 is 3.19. The van der Waals surface area contributed by atoms with Crippen molar-refractivity contribution in [2.24, 2.45) is 11.8 Å². The fourth-order valence-electron chi connectivity index (χ4n) is 2.09. The van der Waals surface area contributed by atoms with Gasteiger partial charge in [0.25, 0.3) is 15.0 Å². The van der Waals surface area contributed by atoms with E-state index in [0.717, 1.165) is 6.42 Å². The lowest BCUT2D eigenvalue weighted by molar-refractivity contribution is 0.0951. The van der Waals surface area contributed by atoms with Gasteiger partial charge < -0.3 is 10.1 Å². The second-order valence-electron chi connectivity index (χ2n) is 5.11. The van der Waals surface area contributed by atoms with Crippen LogP contribution in [0, 0.1) is 11.8 Å². The molecule has 0 radical (unpaired) electrons. The number of benzene rings is 1. The summed E-state index contributed by atoms with van der Waals surface area (Å²) < 4.78 is 28.6. The zero-order chi connectivity index (χ0) is 15.8. The van der Waals surface area contributed by atoms with Crippen LogP contribution in [0.3, 0.4) is 0 Å². The maximum Gasteiger partial charge on any atom is 0.265 e. The second kappa shape index (κ2) is 6.14. The summed E-state index contributed by atoms with van der Waals surface area (Å²) in [5, 5.41) is 2.80. The molecule has 21 heavy (non-hydrogen) atoms. The fraction of sp³-hybridized carbons (Fsp3) is 0.462. The molecule has 0 heterocycles. The van der Waals surface area contributed by atoms with E-state index in [2.05, 4.69) is 28.2 Å². The number of methoxy groups -OCH3 is 1. The number of nitrogens with one attached hydrogen (secondary N) is 1. The molecular formula is C13H15BrClNO4S. The third-order valence-corrected chi connectivity index (χ3v) is 5.46. The van der Waals surface area contributed by atoms with Gasteiger partial charge >= 0.3 is 0 Å². The molecule has 1 saturated carbocycles. The van der Waals surface area contributed by atoms with Crippen LogP contribution < -0.4 is 10.1 Å². The van der Waals surface area contributed by atoms with Crippen LogP contribution in [0.4, 0.5) is 0 Å². The molecule has 116 valence electrons. The van der Waals surface area contributed by atoms with Crippen LogP contribution in [0.5, 0.6) is 5.75 Å². The Labute approximate surface area is 136 Å². The maximum atomic E-state index is 12.1. The summed E-state index contributed by atoms with van der Waals surface area (Å²) in [4.78, 5) is 11.9. The lowest BCUT2D eigenvalue weighted by Crippen LogP contribution is -2.26. The number of rotatable bonds is 5. The summed E-state index contributed by atoms with van der Waals surface area (Å²) in [6, 6.07) is 2.73. The van der Waals surface area contributed by atoms with Gasteiger partial charge in [-0.15, -0.1) is 0 Å². The van der Waals surface area contributed by atoms with E-state index < -0.39 is 9.05 Å². The van der Waals surface area contributed by atoms with Gasteiger partial charge in [-0.3, -0.25) is 4.79 Å². The topological polar surface area (TPSA) is 72.5 Å². The van der Waals surface area contributed by atoms with Crippen molar-refractivity contribution in [2.75, 3.05) is 13.7 Å². The SMILES string of the molecule is COc1c(Br)cc(C(=O)NCC2CC2C)cc1S(=O)(=O)Cl. The molecule has 2 rings (SSSR count). The van der Waals surface area contributed by atoms with E-state index in [0.29, 0.717) is 22.9 Å². The molecule has 1 aromatic carbocycles. The van der Waals surface area contributed by atoms with Crippen LogP contribution in [-0.4, -0.2) is 28.0 Å². The standard InChI is InChI=1S/C13H15BrClNO4S/c1-7-3-9(7)6-16-13(17)8-4-10(14)12(20-2)11(5-8)21(15,18)19/h4-5,7,9H,3,6H2,1-2H3,(H,16,17). The van der Waals surface area contributed by atoms with E-state index in [-0.39, 0.29) is 22.1 Å². The molecule has 0 aromatic heterocycles. The van der Waals surface area contributed by atoms with E-state index in [9.17, 15) is 13.2 Å². The average Bonchev–Trinajstić information content (AvgIpc) is 3.10. The zero-order valence-electron chi connectivity index (χ0n) is 11.5. The Balaban J connectivity index is 2.27. The molecule has 1 aliphatic rings. The summed E-state index contributed by atoms with van der Waals surface area (Å²) in [6.45, 7) is 2.71. The third-order valence-electron chi connectivity index (χ3n) is 3.54. The molecule has 2 atom stereocenters. The highest BCUT2D eigenvalue weighted by Crippen LogP contribution is 2.37. The molecule has 1 N–H and O–H groups in total. The van der Waals surface area contributed by atoms with Gasteiger partial charge in [-0.25, -0.2) is 8.42 Å². The molecule has 0 spiro atoms. The van der Waals surface area contributed by atoms with E-state index in [1.807, 2.05) is 0 Å². The van der Waals surface area contributed by atoms with Gasteiger partial charge in [0.2, 0.25) is 0 Å². The van der Waals surface area contributed by atoms with Crippen LogP contribution in [0.2, 0.25) is 0 Å². The van der Waals surface area contributed by atoms with Crippen molar-refractivity contribution in [1.29, 1.82) is 0 Å². The van der Waals surface area contributed by atoms with Crippen molar-refractivity contribution in [3.05, 3.63) is 22.2 Å². The molecule has 1 fully saturated rings. The predicted octanol–water partition coefficient (Wildman–Crippen LogP) is 2.77. The largest absolute Gasteiger partial charge is 0.494 e. The highest BCUT2D eigenvalue weighted by atomic mass is 79.9. The van der Waals surface area contributed by atoms with Crippen molar-refractivity contribution in [1.82, 2.24) is 5.32 Å². The maximum absolute atomic E-state index is 12.1. The number of carbonyl (C=O) groups is 1. The fourth-order valence-corrected chi connectivity index (χ4v) is 3.87. The van der Waals surface area contributed by atoms with Crippen molar-refractivity contribution < 1.29 is 17.9 Å². The number of halogens is 2. The molecular weight excluding hydrogens is 382 g/mol. The van der Waals surface area contributed by atoms with Gasteiger partial charge in [-0.2, -0.15) is 0 Å². The second-order valence-corrected chi connectivity index (χ2v) is 8.50. The van der Waals surface area contributed by atoms with Gasteiger partial charge in [0.15, 0.2) is 5.75 Å².